The molecule has 1 amide bonds. The first kappa shape index (κ1) is 14.7. The highest BCUT2D eigenvalue weighted by atomic mass is 16.1. The van der Waals surface area contributed by atoms with Crippen LogP contribution in [-0.2, 0) is 11.3 Å². The maximum atomic E-state index is 11.6. The lowest BCUT2D eigenvalue weighted by Gasteiger charge is -2.12. The van der Waals surface area contributed by atoms with Gasteiger partial charge in [-0.2, -0.15) is 0 Å². The van der Waals surface area contributed by atoms with E-state index in [0.717, 1.165) is 0 Å². The van der Waals surface area contributed by atoms with E-state index in [4.69, 9.17) is 0 Å². The average molecular weight is 248 g/mol. The van der Waals surface area contributed by atoms with Gasteiger partial charge in [0, 0.05) is 12.6 Å². The van der Waals surface area contributed by atoms with E-state index in [1.54, 1.807) is 0 Å². The number of carbonyl (C=O) groups is 1. The Kier molecular flexibility index (Phi) is 5.35. The normalized spacial score (nSPS) is 10.8. The van der Waals surface area contributed by atoms with Gasteiger partial charge in [-0.25, -0.2) is 0 Å². The Labute approximate surface area is 110 Å². The number of carbonyl (C=O) groups excluding carboxylic acids is 1. The molecule has 0 aliphatic heterocycles. The summed E-state index contributed by atoms with van der Waals surface area (Å²) in [6.45, 7) is 11.3. The third-order valence-electron chi connectivity index (χ3n) is 3.10. The van der Waals surface area contributed by atoms with E-state index in [2.05, 4.69) is 43.5 Å². The molecule has 100 valence electrons. The van der Waals surface area contributed by atoms with Gasteiger partial charge in [0.25, 0.3) is 0 Å². The van der Waals surface area contributed by atoms with Gasteiger partial charge in [0.2, 0.25) is 5.91 Å². The summed E-state index contributed by atoms with van der Waals surface area (Å²) in [5.41, 5.74) is 4.99. The van der Waals surface area contributed by atoms with Crippen molar-refractivity contribution in [3.63, 3.8) is 0 Å². The lowest BCUT2D eigenvalue weighted by atomic mass is 10.0. The molecule has 2 N–H and O–H groups in total. The third-order valence-corrected chi connectivity index (χ3v) is 3.10. The second-order valence-corrected chi connectivity index (χ2v) is 5.18. The molecule has 1 aromatic rings. The van der Waals surface area contributed by atoms with Gasteiger partial charge in [-0.3, -0.25) is 4.79 Å². The fraction of sp³-hybridized carbons (Fsp3) is 0.533. The molecule has 0 saturated heterocycles. The van der Waals surface area contributed by atoms with Crippen LogP contribution in [-0.4, -0.2) is 18.5 Å². The molecule has 1 aromatic carbocycles. The smallest absolute Gasteiger partial charge is 0.234 e. The molecule has 0 aliphatic carbocycles. The summed E-state index contributed by atoms with van der Waals surface area (Å²) >= 11 is 0. The Hall–Kier alpha value is -1.35. The average Bonchev–Trinajstić information content (AvgIpc) is 2.29. The first-order chi connectivity index (χ1) is 8.40. The molecule has 18 heavy (non-hydrogen) atoms. The molecule has 0 bridgehead atoms. The number of hydrogen-bond donors (Lipinski definition) is 2. The van der Waals surface area contributed by atoms with Gasteiger partial charge in [-0.15, -0.1) is 0 Å². The monoisotopic (exact) mass is 248 g/mol. The van der Waals surface area contributed by atoms with Crippen molar-refractivity contribution in [2.45, 2.75) is 47.2 Å². The quantitative estimate of drug-likeness (QED) is 0.839. The van der Waals surface area contributed by atoms with Crippen LogP contribution in [0.4, 0.5) is 0 Å². The number of benzene rings is 1. The van der Waals surface area contributed by atoms with Crippen LogP contribution in [0.2, 0.25) is 0 Å². The van der Waals surface area contributed by atoms with Crippen molar-refractivity contribution >= 4 is 5.91 Å². The largest absolute Gasteiger partial charge is 0.351 e. The van der Waals surface area contributed by atoms with E-state index in [-0.39, 0.29) is 5.91 Å². The molecular weight excluding hydrogens is 224 g/mol. The van der Waals surface area contributed by atoms with E-state index in [0.29, 0.717) is 19.1 Å². The SMILES string of the molecule is Cc1cc(C)c(CNC(=O)CNC(C)C)cc1C. The van der Waals surface area contributed by atoms with E-state index >= 15 is 0 Å². The Morgan fingerprint density at radius 1 is 1.11 bits per heavy atom. The molecule has 0 atom stereocenters. The van der Waals surface area contributed by atoms with Crippen LogP contribution in [0.15, 0.2) is 12.1 Å². The zero-order valence-electron chi connectivity index (χ0n) is 12.1. The minimum Gasteiger partial charge on any atom is -0.351 e. The van der Waals surface area contributed by atoms with Crippen molar-refractivity contribution in [2.24, 2.45) is 0 Å². The summed E-state index contributed by atoms with van der Waals surface area (Å²) < 4.78 is 0. The minimum atomic E-state index is 0.0429. The van der Waals surface area contributed by atoms with Crippen molar-refractivity contribution in [1.82, 2.24) is 10.6 Å². The van der Waals surface area contributed by atoms with Gasteiger partial charge in [0.15, 0.2) is 0 Å². The highest BCUT2D eigenvalue weighted by Gasteiger charge is 2.05. The van der Waals surface area contributed by atoms with Gasteiger partial charge >= 0.3 is 0 Å². The molecule has 0 aliphatic rings. The lowest BCUT2D eigenvalue weighted by Crippen LogP contribution is -2.36. The van der Waals surface area contributed by atoms with Crippen LogP contribution in [0.3, 0.4) is 0 Å². The fourth-order valence-electron chi connectivity index (χ4n) is 1.76. The Morgan fingerprint density at radius 3 is 2.33 bits per heavy atom. The maximum Gasteiger partial charge on any atom is 0.234 e. The highest BCUT2D eigenvalue weighted by Crippen LogP contribution is 2.14. The first-order valence-electron chi connectivity index (χ1n) is 6.47. The summed E-state index contributed by atoms with van der Waals surface area (Å²) in [4.78, 5) is 11.6. The lowest BCUT2D eigenvalue weighted by molar-refractivity contribution is -0.120. The standard InChI is InChI=1S/C15H24N2O/c1-10(2)16-9-15(18)17-8-14-7-12(4)11(3)6-13(14)5/h6-7,10,16H,8-9H2,1-5H3,(H,17,18). The van der Waals surface area contributed by atoms with E-state index in [1.807, 2.05) is 13.8 Å². The molecule has 0 fully saturated rings. The van der Waals surface area contributed by atoms with Crippen LogP contribution in [0, 0.1) is 20.8 Å². The van der Waals surface area contributed by atoms with Gasteiger partial charge in [0.05, 0.1) is 6.54 Å². The minimum absolute atomic E-state index is 0.0429. The van der Waals surface area contributed by atoms with Crippen molar-refractivity contribution < 1.29 is 4.79 Å². The van der Waals surface area contributed by atoms with Crippen molar-refractivity contribution in [1.29, 1.82) is 0 Å². The van der Waals surface area contributed by atoms with E-state index < -0.39 is 0 Å². The van der Waals surface area contributed by atoms with Crippen LogP contribution < -0.4 is 10.6 Å². The molecule has 3 nitrogen and oxygen atoms in total. The molecule has 0 aromatic heterocycles. The number of aryl methyl sites for hydroxylation is 3. The number of nitrogens with one attached hydrogen (secondary N) is 2. The van der Waals surface area contributed by atoms with E-state index in [9.17, 15) is 4.79 Å². The van der Waals surface area contributed by atoms with E-state index in [1.165, 1.54) is 22.3 Å². The van der Waals surface area contributed by atoms with Crippen LogP contribution in [0.1, 0.15) is 36.1 Å². The van der Waals surface area contributed by atoms with Crippen molar-refractivity contribution in [3.8, 4) is 0 Å². The first-order valence-corrected chi connectivity index (χ1v) is 6.47. The van der Waals surface area contributed by atoms with Crippen molar-refractivity contribution in [3.05, 3.63) is 34.4 Å². The number of amides is 1. The number of rotatable bonds is 5. The van der Waals surface area contributed by atoms with Gasteiger partial charge in [-0.05, 0) is 43.0 Å². The second-order valence-electron chi connectivity index (χ2n) is 5.18. The molecular formula is C15H24N2O. The molecule has 0 heterocycles. The molecule has 3 heteroatoms. The fourth-order valence-corrected chi connectivity index (χ4v) is 1.76. The molecule has 1 rings (SSSR count). The number of hydrogen-bond acceptors (Lipinski definition) is 2. The van der Waals surface area contributed by atoms with Gasteiger partial charge in [-0.1, -0.05) is 26.0 Å². The van der Waals surface area contributed by atoms with Crippen LogP contribution in [0.25, 0.3) is 0 Å². The third kappa shape index (κ3) is 4.49. The topological polar surface area (TPSA) is 41.1 Å². The van der Waals surface area contributed by atoms with Gasteiger partial charge < -0.3 is 10.6 Å². The highest BCUT2D eigenvalue weighted by molar-refractivity contribution is 5.78. The van der Waals surface area contributed by atoms with Crippen LogP contribution >= 0.6 is 0 Å². The summed E-state index contributed by atoms with van der Waals surface area (Å²) in [5, 5.41) is 6.04. The Balaban J connectivity index is 2.53. The summed E-state index contributed by atoms with van der Waals surface area (Å²) in [7, 11) is 0. The second kappa shape index (κ2) is 6.55. The van der Waals surface area contributed by atoms with Crippen LogP contribution in [0.5, 0.6) is 0 Å². The summed E-state index contributed by atoms with van der Waals surface area (Å²) in [6.07, 6.45) is 0. The van der Waals surface area contributed by atoms with Gasteiger partial charge in [0.1, 0.15) is 0 Å². The molecule has 0 unspecified atom stereocenters. The Morgan fingerprint density at radius 2 is 1.72 bits per heavy atom. The Bertz CT molecular complexity index is 425. The summed E-state index contributed by atoms with van der Waals surface area (Å²) in [6, 6.07) is 4.66. The zero-order valence-corrected chi connectivity index (χ0v) is 12.1. The summed E-state index contributed by atoms with van der Waals surface area (Å²) in [5.74, 6) is 0.0429. The van der Waals surface area contributed by atoms with Crippen molar-refractivity contribution in [2.75, 3.05) is 6.54 Å². The maximum absolute atomic E-state index is 11.6. The molecule has 0 saturated carbocycles. The predicted molar refractivity (Wildman–Crippen MR) is 75.6 cm³/mol. The molecule has 0 spiro atoms. The predicted octanol–water partition coefficient (Wildman–Crippen LogP) is 2.23. The molecule has 0 radical (unpaired) electrons. The zero-order chi connectivity index (χ0) is 13.7.